The Morgan fingerprint density at radius 2 is 1.90 bits per heavy atom. The molecule has 0 aliphatic carbocycles. The van der Waals surface area contributed by atoms with E-state index in [0.717, 1.165) is 19.4 Å². The topological polar surface area (TPSA) is 102 Å². The average Bonchev–Trinajstić information content (AvgIpc) is 3.28. The molecule has 0 radical (unpaired) electrons. The van der Waals surface area contributed by atoms with Gasteiger partial charge in [0.1, 0.15) is 23.4 Å². The summed E-state index contributed by atoms with van der Waals surface area (Å²) in [5.74, 6) is -2.19. The van der Waals surface area contributed by atoms with Gasteiger partial charge in [0.05, 0.1) is 24.6 Å². The minimum absolute atomic E-state index is 0.137. The number of fused-ring (bicyclic) bond motifs is 1. The summed E-state index contributed by atoms with van der Waals surface area (Å²) in [6.07, 6.45) is -3.86. The molecule has 0 saturated carbocycles. The van der Waals surface area contributed by atoms with E-state index in [4.69, 9.17) is 32.7 Å². The second-order valence-electron chi connectivity index (χ2n) is 10.1. The van der Waals surface area contributed by atoms with E-state index in [2.05, 4.69) is 10.6 Å². The summed E-state index contributed by atoms with van der Waals surface area (Å²) < 4.78 is 68.4. The smallest absolute Gasteiger partial charge is 0.407 e. The van der Waals surface area contributed by atoms with Gasteiger partial charge < -0.3 is 29.6 Å². The molecule has 0 unspecified atom stereocenters. The van der Waals surface area contributed by atoms with Crippen LogP contribution in [-0.2, 0) is 17.8 Å². The van der Waals surface area contributed by atoms with Crippen LogP contribution in [0.4, 0.5) is 28.0 Å². The van der Waals surface area contributed by atoms with Crippen molar-refractivity contribution in [3.8, 4) is 5.75 Å². The molecular weight excluding hydrogens is 607 g/mol. The van der Waals surface area contributed by atoms with Gasteiger partial charge in [0, 0.05) is 48.7 Å². The van der Waals surface area contributed by atoms with Crippen LogP contribution in [0.2, 0.25) is 10.0 Å². The highest BCUT2D eigenvalue weighted by Gasteiger charge is 2.44. The molecule has 224 valence electrons. The Morgan fingerprint density at radius 3 is 2.50 bits per heavy atom. The molecule has 0 atom stereocenters. The SMILES string of the molecule is COc1c(N2CCC3(CC2)CNC(=O)O3)c(F)cc2c(=O)c(C(=O)NCc3ccc(Cl)cc3Cl)cn(CC(F)(F)F)c12. The molecule has 1 aromatic heterocycles. The molecule has 2 amide bonds. The number of alkyl halides is 3. The average molecular weight is 631 g/mol. The number of halogens is 6. The lowest BCUT2D eigenvalue weighted by Crippen LogP contribution is -2.47. The minimum atomic E-state index is -4.76. The molecule has 2 aliphatic heterocycles. The first-order valence-electron chi connectivity index (χ1n) is 12.7. The molecule has 1 spiro atoms. The number of nitrogens with zero attached hydrogens (tertiary/aromatic N) is 2. The van der Waals surface area contributed by atoms with Crippen LogP contribution in [0.25, 0.3) is 10.9 Å². The maximum Gasteiger partial charge on any atom is 0.407 e. The molecule has 15 heteroatoms. The van der Waals surface area contributed by atoms with Gasteiger partial charge in [-0.1, -0.05) is 29.3 Å². The maximum atomic E-state index is 15.7. The van der Waals surface area contributed by atoms with Crippen LogP contribution in [0.5, 0.6) is 5.75 Å². The molecule has 2 saturated heterocycles. The third-order valence-electron chi connectivity index (χ3n) is 7.35. The highest BCUT2D eigenvalue weighted by molar-refractivity contribution is 6.35. The first-order chi connectivity index (χ1) is 19.8. The quantitative estimate of drug-likeness (QED) is 0.371. The molecule has 3 aromatic rings. The van der Waals surface area contributed by atoms with E-state index < -0.39 is 52.5 Å². The Bertz CT molecular complexity index is 1640. The van der Waals surface area contributed by atoms with Crippen molar-refractivity contribution in [2.45, 2.75) is 37.7 Å². The molecule has 0 bridgehead atoms. The van der Waals surface area contributed by atoms with Crippen LogP contribution in [0.1, 0.15) is 28.8 Å². The zero-order valence-electron chi connectivity index (χ0n) is 22.0. The van der Waals surface area contributed by atoms with Gasteiger partial charge in [-0.2, -0.15) is 13.2 Å². The molecule has 3 heterocycles. The van der Waals surface area contributed by atoms with Crippen LogP contribution < -0.4 is 25.7 Å². The van der Waals surface area contributed by atoms with Gasteiger partial charge in [-0.25, -0.2) is 9.18 Å². The van der Waals surface area contributed by atoms with Gasteiger partial charge in [-0.3, -0.25) is 9.59 Å². The van der Waals surface area contributed by atoms with E-state index >= 15 is 4.39 Å². The number of carbonyl (C=O) groups is 2. The monoisotopic (exact) mass is 630 g/mol. The molecular formula is C27H24Cl2F4N4O5. The normalized spacial score (nSPS) is 16.5. The number of rotatable bonds is 6. The molecule has 42 heavy (non-hydrogen) atoms. The fourth-order valence-electron chi connectivity index (χ4n) is 5.31. The number of pyridine rings is 1. The highest BCUT2D eigenvalue weighted by Crippen LogP contribution is 2.41. The predicted octanol–water partition coefficient (Wildman–Crippen LogP) is 5.03. The first kappa shape index (κ1) is 29.8. The Hall–Kier alpha value is -3.71. The van der Waals surface area contributed by atoms with E-state index in [1.54, 1.807) is 11.0 Å². The number of nitrogens with one attached hydrogen (secondary N) is 2. The number of hydrogen-bond donors (Lipinski definition) is 2. The highest BCUT2D eigenvalue weighted by atomic mass is 35.5. The van der Waals surface area contributed by atoms with Crippen molar-refractivity contribution in [2.24, 2.45) is 0 Å². The van der Waals surface area contributed by atoms with E-state index in [9.17, 15) is 27.6 Å². The predicted molar refractivity (Wildman–Crippen MR) is 147 cm³/mol. The van der Waals surface area contributed by atoms with Crippen LogP contribution in [-0.4, -0.2) is 55.1 Å². The molecule has 2 aliphatic rings. The van der Waals surface area contributed by atoms with Gasteiger partial charge in [-0.15, -0.1) is 0 Å². The first-order valence-corrected chi connectivity index (χ1v) is 13.5. The number of carbonyl (C=O) groups excluding carboxylic acids is 2. The zero-order valence-corrected chi connectivity index (χ0v) is 23.6. The Balaban J connectivity index is 1.55. The number of piperidine rings is 1. The van der Waals surface area contributed by atoms with Gasteiger partial charge in [-0.05, 0) is 23.8 Å². The van der Waals surface area contributed by atoms with E-state index in [-0.39, 0.29) is 48.2 Å². The summed E-state index contributed by atoms with van der Waals surface area (Å²) in [6, 6.07) is 5.34. The largest absolute Gasteiger partial charge is 0.492 e. The van der Waals surface area contributed by atoms with E-state index in [1.165, 1.54) is 12.1 Å². The van der Waals surface area contributed by atoms with Gasteiger partial charge in [0.25, 0.3) is 5.91 Å². The summed E-state index contributed by atoms with van der Waals surface area (Å²) in [6.45, 7) is -1.05. The van der Waals surface area contributed by atoms with Crippen LogP contribution in [0.3, 0.4) is 0 Å². The second kappa shape index (κ2) is 11.2. The Labute approximate surface area is 246 Å². The lowest BCUT2D eigenvalue weighted by atomic mass is 9.91. The number of amides is 2. The van der Waals surface area contributed by atoms with Gasteiger partial charge >= 0.3 is 12.3 Å². The lowest BCUT2D eigenvalue weighted by Gasteiger charge is -2.39. The molecule has 5 rings (SSSR count). The van der Waals surface area contributed by atoms with Crippen molar-refractivity contribution in [3.05, 3.63) is 67.7 Å². The van der Waals surface area contributed by atoms with Crippen molar-refractivity contribution in [1.82, 2.24) is 15.2 Å². The standard InChI is InChI=1S/C27H24Cl2F4N4O5/c1-41-23-20-16(9-19(30)21(23)36-6-4-26(5-7-36)12-35-25(40)42-26)22(38)17(11-37(20)13-27(31,32)33)24(39)34-10-14-2-3-15(28)8-18(14)29/h2-3,8-9,11H,4-7,10,12-13H2,1H3,(H,34,39)(H,35,40). The number of benzene rings is 2. The summed E-state index contributed by atoms with van der Waals surface area (Å²) >= 11 is 12.0. The van der Waals surface area contributed by atoms with Crippen LogP contribution in [0.15, 0.2) is 35.3 Å². The summed E-state index contributed by atoms with van der Waals surface area (Å²) in [5, 5.41) is 5.20. The number of ether oxygens (including phenoxy) is 2. The maximum absolute atomic E-state index is 15.7. The van der Waals surface area contributed by atoms with Crippen molar-refractivity contribution in [1.29, 1.82) is 0 Å². The number of methoxy groups -OCH3 is 1. The molecule has 2 fully saturated rings. The van der Waals surface area contributed by atoms with Crippen molar-refractivity contribution < 1.29 is 36.6 Å². The van der Waals surface area contributed by atoms with Crippen LogP contribution in [0, 0.1) is 5.82 Å². The van der Waals surface area contributed by atoms with Gasteiger partial charge in [0.15, 0.2) is 11.6 Å². The van der Waals surface area contributed by atoms with E-state index in [1.807, 2.05) is 0 Å². The lowest BCUT2D eigenvalue weighted by molar-refractivity contribution is -0.140. The minimum Gasteiger partial charge on any atom is -0.492 e. The van der Waals surface area contributed by atoms with Crippen LogP contribution >= 0.6 is 23.2 Å². The molecule has 9 nitrogen and oxygen atoms in total. The third-order valence-corrected chi connectivity index (χ3v) is 7.94. The van der Waals surface area contributed by atoms with Crippen molar-refractivity contribution in [2.75, 3.05) is 31.6 Å². The molecule has 2 aromatic carbocycles. The number of alkyl carbamates (subject to hydrolysis) is 1. The summed E-state index contributed by atoms with van der Waals surface area (Å²) in [4.78, 5) is 39.6. The van der Waals surface area contributed by atoms with E-state index in [0.29, 0.717) is 28.0 Å². The summed E-state index contributed by atoms with van der Waals surface area (Å²) in [7, 11) is 1.16. The Morgan fingerprint density at radius 1 is 1.19 bits per heavy atom. The van der Waals surface area contributed by atoms with Crippen molar-refractivity contribution in [3.63, 3.8) is 0 Å². The summed E-state index contributed by atoms with van der Waals surface area (Å²) in [5.41, 5.74) is -2.36. The second-order valence-corrected chi connectivity index (χ2v) is 10.9. The fourth-order valence-corrected chi connectivity index (χ4v) is 5.79. The van der Waals surface area contributed by atoms with Crippen molar-refractivity contribution >= 4 is 51.8 Å². The number of hydrogen-bond acceptors (Lipinski definition) is 6. The third kappa shape index (κ3) is 5.80. The zero-order chi connectivity index (χ0) is 30.4. The molecule has 2 N–H and O–H groups in total. The number of aromatic nitrogens is 1. The van der Waals surface area contributed by atoms with Gasteiger partial charge in [0.2, 0.25) is 5.43 Å². The number of anilines is 1. The fraction of sp³-hybridized carbons (Fsp3) is 0.370. The Kier molecular flexibility index (Phi) is 7.92.